The van der Waals surface area contributed by atoms with E-state index in [-0.39, 0.29) is 66.4 Å². The Bertz CT molecular complexity index is 2840. The fraction of sp³-hybridized carbons (Fsp3) is 0.635. The molecular formula is C63H88N4O21. The number of benzene rings is 2. The normalized spacial score (nSPS) is 26.4. The Kier molecular flexibility index (Phi) is 24.2. The highest BCUT2D eigenvalue weighted by molar-refractivity contribution is 5.94. The third-order valence-corrected chi connectivity index (χ3v) is 17.0. The van der Waals surface area contributed by atoms with E-state index < -0.39 is 143 Å². The van der Waals surface area contributed by atoms with E-state index in [4.69, 9.17) is 42.6 Å². The number of hydrogen-bond acceptors (Lipinski definition) is 22. The van der Waals surface area contributed by atoms with Crippen LogP contribution in [0.4, 0.5) is 4.79 Å². The maximum Gasteiger partial charge on any atom is 0.408 e. The number of aliphatic hydroxyl groups is 3. The van der Waals surface area contributed by atoms with Crippen LogP contribution in [0, 0.1) is 16.7 Å². The molecule has 1 saturated heterocycles. The molecule has 6 N–H and O–H groups in total. The van der Waals surface area contributed by atoms with E-state index in [1.54, 1.807) is 64.3 Å². The van der Waals surface area contributed by atoms with Crippen molar-refractivity contribution in [2.45, 2.75) is 166 Å². The summed E-state index contributed by atoms with van der Waals surface area (Å²) in [6.45, 7) is 13.8. The van der Waals surface area contributed by atoms with E-state index in [0.717, 1.165) is 6.92 Å². The number of amides is 3. The van der Waals surface area contributed by atoms with Gasteiger partial charge in [0.1, 0.15) is 41.7 Å². The highest BCUT2D eigenvalue weighted by atomic mass is 16.6. The number of Topliss-reactive ketones (excluding diaryl/α,β-unsaturated/α-hetero) is 2. The molecule has 3 aliphatic carbocycles. The van der Waals surface area contributed by atoms with Gasteiger partial charge in [0.15, 0.2) is 17.2 Å². The van der Waals surface area contributed by atoms with Crippen molar-refractivity contribution in [2.24, 2.45) is 16.7 Å². The van der Waals surface area contributed by atoms with E-state index in [1.165, 1.54) is 70.8 Å². The summed E-state index contributed by atoms with van der Waals surface area (Å²) in [5.74, 6) is -8.02. The van der Waals surface area contributed by atoms with Crippen LogP contribution in [0.1, 0.15) is 123 Å². The molecule has 4 aliphatic rings. The van der Waals surface area contributed by atoms with Crippen LogP contribution in [-0.4, -0.2) is 206 Å². The van der Waals surface area contributed by atoms with Gasteiger partial charge in [-0.1, -0.05) is 62.4 Å². The zero-order chi connectivity index (χ0) is 64.9. The van der Waals surface area contributed by atoms with Crippen molar-refractivity contribution < 1.29 is 101 Å². The average molecular weight is 1240 g/mol. The molecular weight excluding hydrogens is 1150 g/mol. The topological polar surface area (TPSA) is 337 Å². The number of rotatable bonds is 29. The van der Waals surface area contributed by atoms with Crippen LogP contribution in [0.15, 0.2) is 71.8 Å². The number of aliphatic hydroxyl groups excluding tert-OH is 2. The Labute approximate surface area is 513 Å². The van der Waals surface area contributed by atoms with Gasteiger partial charge in [-0.25, -0.2) is 14.4 Å². The van der Waals surface area contributed by atoms with Gasteiger partial charge in [-0.05, 0) is 96.7 Å². The van der Waals surface area contributed by atoms with E-state index in [9.17, 15) is 48.9 Å². The third kappa shape index (κ3) is 16.6. The molecule has 3 unspecified atom stereocenters. The quantitative estimate of drug-likeness (QED) is 0.0295. The summed E-state index contributed by atoms with van der Waals surface area (Å²) >= 11 is 0. The summed E-state index contributed by atoms with van der Waals surface area (Å²) < 4.78 is 52.0. The van der Waals surface area contributed by atoms with Crippen molar-refractivity contribution in [1.82, 2.24) is 20.9 Å². The highest BCUT2D eigenvalue weighted by Crippen LogP contribution is 2.64. The third-order valence-electron chi connectivity index (χ3n) is 17.0. The molecule has 2 bridgehead atoms. The van der Waals surface area contributed by atoms with Crippen LogP contribution >= 0.6 is 0 Å². The number of likely N-dealkylation sites (N-methyl/N-ethyl adjacent to an activating group) is 1. The van der Waals surface area contributed by atoms with Crippen LogP contribution in [0.5, 0.6) is 0 Å². The van der Waals surface area contributed by atoms with Gasteiger partial charge < -0.3 is 73.9 Å². The number of nitrogens with one attached hydrogen (secondary N) is 3. The molecule has 2 aromatic rings. The SMILES string of the molecule is COCCOCCOCCC(=O)NCCCCC(NC(=O)CN(C)CC(=O)OC(C(=O)OC1C[C@@]2(O)[C@@H](OC(=O)c3ccccc3)[C@@H]3[C@]4(OC(C)=O)CO[C@@H]4C[C@H](O)[C@@]3(C)C(=O)[C@H](O)C(=C1C)C2(C)C)[C@@H](NC(=O)OC(C)(C)C)c1ccccc1)C(C)=O. The Hall–Kier alpha value is -6.71. The van der Waals surface area contributed by atoms with Crippen molar-refractivity contribution >= 4 is 53.4 Å². The van der Waals surface area contributed by atoms with Crippen LogP contribution in [0.25, 0.3) is 0 Å². The lowest BCUT2D eigenvalue weighted by atomic mass is 9.44. The lowest BCUT2D eigenvalue weighted by Crippen LogP contribution is -2.81. The van der Waals surface area contributed by atoms with Gasteiger partial charge in [0, 0.05) is 45.3 Å². The minimum Gasteiger partial charge on any atom is -0.455 e. The molecule has 3 amide bonds. The monoisotopic (exact) mass is 1240 g/mol. The summed E-state index contributed by atoms with van der Waals surface area (Å²) in [4.78, 5) is 126. The van der Waals surface area contributed by atoms with E-state index in [2.05, 4.69) is 16.0 Å². The molecule has 25 nitrogen and oxygen atoms in total. The second-order valence-electron chi connectivity index (χ2n) is 24.8. The number of carbonyl (C=O) groups excluding carboxylic acids is 9. The molecule has 0 radical (unpaired) electrons. The molecule has 2 saturated carbocycles. The van der Waals surface area contributed by atoms with Crippen molar-refractivity contribution in [3.8, 4) is 0 Å². The van der Waals surface area contributed by atoms with Gasteiger partial charge in [-0.15, -0.1) is 0 Å². The summed E-state index contributed by atoms with van der Waals surface area (Å²) in [6, 6.07) is 13.2. The minimum atomic E-state index is -2.51. The van der Waals surface area contributed by atoms with E-state index in [1.807, 2.05) is 0 Å². The summed E-state index contributed by atoms with van der Waals surface area (Å²) in [5, 5.41) is 46.7. The molecule has 1 heterocycles. The number of unbranched alkanes of at least 4 members (excludes halogenated alkanes) is 1. The number of hydrogen-bond donors (Lipinski definition) is 6. The number of fused-ring (bicyclic) bond motifs is 5. The van der Waals surface area contributed by atoms with Crippen LogP contribution in [0.2, 0.25) is 0 Å². The summed E-state index contributed by atoms with van der Waals surface area (Å²) in [7, 11) is 2.98. The molecule has 12 atom stereocenters. The summed E-state index contributed by atoms with van der Waals surface area (Å²) in [6.07, 6.45) is -11.1. The van der Waals surface area contributed by atoms with Gasteiger partial charge in [-0.3, -0.25) is 33.7 Å². The largest absolute Gasteiger partial charge is 0.455 e. The standard InChI is InChI=1S/C63H88N4O21/c1-37-43(33-63(79)55(86-56(76)41-22-16-13-17-23-41)53-61(9,54(75)51(74)49(37)60(63,7)8)44(70)32-45-62(53,36-83-45)87-39(3)69)84-57(77)52(50(40-20-14-12-15-21-40)66-58(78)88-59(4,5)6)85-48(73)35-67(10)34-47(72)65-42(38(2)68)24-18-19-26-64-46(71)25-27-81-30-31-82-29-28-80-11/h12-17,20-23,42-45,50-53,55,70,74,79H,18-19,24-36H2,1-11H3,(H,64,71)(H,65,72)(H,66,78)/t42?,43?,44-,45+,50-,51+,52?,53-,55-,61+,62-,63+/m0/s1. The Morgan fingerprint density at radius 3 is 2.07 bits per heavy atom. The first-order chi connectivity index (χ1) is 41.4. The number of esters is 4. The Morgan fingerprint density at radius 2 is 1.47 bits per heavy atom. The van der Waals surface area contributed by atoms with Crippen molar-refractivity contribution in [2.75, 3.05) is 73.4 Å². The average Bonchev–Trinajstić information content (AvgIpc) is 0.706. The molecule has 3 fully saturated rings. The first-order valence-electron chi connectivity index (χ1n) is 29.7. The molecule has 486 valence electrons. The smallest absolute Gasteiger partial charge is 0.408 e. The molecule has 0 aromatic heterocycles. The minimum absolute atomic E-state index is 0.0196. The van der Waals surface area contributed by atoms with Crippen molar-refractivity contribution in [3.05, 3.63) is 82.9 Å². The van der Waals surface area contributed by atoms with Gasteiger partial charge in [0.2, 0.25) is 17.9 Å². The lowest BCUT2D eigenvalue weighted by Gasteiger charge is -2.67. The van der Waals surface area contributed by atoms with Gasteiger partial charge >= 0.3 is 30.0 Å². The predicted molar refractivity (Wildman–Crippen MR) is 313 cm³/mol. The fourth-order valence-corrected chi connectivity index (χ4v) is 12.4. The zero-order valence-electron chi connectivity index (χ0n) is 52.2. The van der Waals surface area contributed by atoms with Crippen LogP contribution in [0.3, 0.4) is 0 Å². The number of ketones is 2. The first-order valence-corrected chi connectivity index (χ1v) is 29.7. The van der Waals surface area contributed by atoms with Crippen LogP contribution < -0.4 is 16.0 Å². The Balaban J connectivity index is 1.27. The number of carbonyl (C=O) groups is 9. The van der Waals surface area contributed by atoms with Crippen LogP contribution in [-0.2, 0) is 76.2 Å². The molecule has 6 rings (SSSR count). The maximum absolute atomic E-state index is 15.4. The zero-order valence-corrected chi connectivity index (χ0v) is 52.2. The summed E-state index contributed by atoms with van der Waals surface area (Å²) in [5.41, 5.74) is -9.16. The van der Waals surface area contributed by atoms with Crippen molar-refractivity contribution in [1.29, 1.82) is 0 Å². The number of methoxy groups -OCH3 is 1. The number of nitrogens with zero attached hydrogens (tertiary/aromatic N) is 1. The van der Waals surface area contributed by atoms with Gasteiger partial charge in [0.25, 0.3) is 0 Å². The van der Waals surface area contributed by atoms with Crippen molar-refractivity contribution in [3.63, 3.8) is 0 Å². The molecule has 1 aliphatic heterocycles. The predicted octanol–water partition coefficient (Wildman–Crippen LogP) is 3.17. The second kappa shape index (κ2) is 30.2. The highest BCUT2D eigenvalue weighted by Gasteiger charge is 2.78. The Morgan fingerprint density at radius 1 is 0.830 bits per heavy atom. The first kappa shape index (κ1) is 70.4. The molecule has 2 aromatic carbocycles. The molecule has 25 heteroatoms. The lowest BCUT2D eigenvalue weighted by molar-refractivity contribution is -0.346. The van der Waals surface area contributed by atoms with E-state index >= 15 is 9.59 Å². The maximum atomic E-state index is 15.4. The van der Waals surface area contributed by atoms with Gasteiger partial charge in [0.05, 0.1) is 81.8 Å². The van der Waals surface area contributed by atoms with Gasteiger partial charge in [-0.2, -0.15) is 0 Å². The number of alkyl carbamates (subject to hydrolysis) is 1. The molecule has 0 spiro atoms. The fourth-order valence-electron chi connectivity index (χ4n) is 12.4. The number of ether oxygens (including phenoxy) is 9. The second-order valence-corrected chi connectivity index (χ2v) is 24.8. The van der Waals surface area contributed by atoms with E-state index in [0.29, 0.717) is 45.8 Å². The molecule has 88 heavy (non-hydrogen) atoms.